The van der Waals surface area contributed by atoms with Crippen molar-refractivity contribution in [3.05, 3.63) is 77.4 Å². The third-order valence-corrected chi connectivity index (χ3v) is 12.7. The molecule has 0 bridgehead atoms. The Balaban J connectivity index is 0.963. The monoisotopic (exact) mass is 805 g/mol. The SMILES string of the molecule is COC(=O)NC(C(=O)N1CCCC1c1[nH]c(-c2ccc(-c3ccc(-c4cnc(C5CCCN5C(=O)[C@@H](NC(=O)OC)C(C)C)[nH]4)cc3)cc2)c2c1CCC2)C1CCOC1. The van der Waals surface area contributed by atoms with Crippen LogP contribution in [0.3, 0.4) is 0 Å². The topological polar surface area (TPSA) is 171 Å². The number of aromatic nitrogens is 3. The minimum absolute atomic E-state index is 0.0711. The van der Waals surface area contributed by atoms with Gasteiger partial charge in [0.2, 0.25) is 11.8 Å². The van der Waals surface area contributed by atoms with Crippen LogP contribution in [0.2, 0.25) is 0 Å². The van der Waals surface area contributed by atoms with Gasteiger partial charge in [0.05, 0.1) is 44.8 Å². The Labute approximate surface area is 344 Å². The van der Waals surface area contributed by atoms with Crippen molar-refractivity contribution in [1.82, 2.24) is 35.4 Å². The van der Waals surface area contributed by atoms with E-state index in [1.54, 1.807) is 0 Å². The maximum Gasteiger partial charge on any atom is 0.407 e. The molecule has 5 heterocycles. The standard InChI is InChI=1S/C45H55N7O7/c1-26(2)37(49-44(55)57-3)42(53)52-22-7-11-36(52)41-46-24-34(47-41)29-16-12-27(13-17-29)28-14-18-30(19-15-28)38-32-8-5-9-33(32)40(48-38)35-10-6-21-51(35)43(54)39(50-45(56)58-4)31-20-23-59-25-31/h12-19,24,26,31,35-37,39,48H,5-11,20-23,25H2,1-4H3,(H,46,47)(H,49,55)(H,50,56)/t31?,35?,36?,37-,39?/m0/s1. The van der Waals surface area contributed by atoms with Crippen molar-refractivity contribution in [2.24, 2.45) is 11.8 Å². The maximum atomic E-state index is 14.1. The molecule has 4 aromatic rings. The van der Waals surface area contributed by atoms with E-state index in [2.05, 4.69) is 69.1 Å². The number of nitrogens with one attached hydrogen (secondary N) is 4. The van der Waals surface area contributed by atoms with Crippen LogP contribution in [0.1, 0.15) is 87.1 Å². The van der Waals surface area contributed by atoms with E-state index in [1.807, 2.05) is 29.8 Å². The molecule has 3 fully saturated rings. The number of benzene rings is 2. The number of nitrogens with zero attached hydrogens (tertiary/aromatic N) is 3. The molecule has 14 heteroatoms. The Morgan fingerprint density at radius 3 is 2.00 bits per heavy atom. The van der Waals surface area contributed by atoms with Crippen LogP contribution in [0.15, 0.2) is 54.7 Å². The highest BCUT2D eigenvalue weighted by Gasteiger charge is 2.42. The summed E-state index contributed by atoms with van der Waals surface area (Å²) in [5.41, 5.74) is 10.1. The molecule has 59 heavy (non-hydrogen) atoms. The Hall–Kier alpha value is -5.63. The normalized spacial score (nSPS) is 21.1. The van der Waals surface area contributed by atoms with Crippen LogP contribution in [-0.4, -0.2) is 101 Å². The second-order valence-electron chi connectivity index (χ2n) is 16.5. The lowest BCUT2D eigenvalue weighted by Crippen LogP contribution is -2.52. The molecule has 3 saturated heterocycles. The summed E-state index contributed by atoms with van der Waals surface area (Å²) < 4.78 is 15.3. The molecule has 1 aliphatic carbocycles. The minimum atomic E-state index is -0.686. The fraction of sp³-hybridized carbons (Fsp3) is 0.489. The van der Waals surface area contributed by atoms with E-state index >= 15 is 0 Å². The minimum Gasteiger partial charge on any atom is -0.453 e. The van der Waals surface area contributed by atoms with Gasteiger partial charge in [-0.05, 0) is 90.7 Å². The van der Waals surface area contributed by atoms with Crippen molar-refractivity contribution < 1.29 is 33.4 Å². The molecule has 4 N–H and O–H groups in total. The van der Waals surface area contributed by atoms with Crippen LogP contribution in [0.25, 0.3) is 33.6 Å². The van der Waals surface area contributed by atoms with Crippen LogP contribution < -0.4 is 10.6 Å². The van der Waals surface area contributed by atoms with E-state index in [1.165, 1.54) is 25.3 Å². The molecular weight excluding hydrogens is 751 g/mol. The molecule has 2 aromatic carbocycles. The number of carbonyl (C=O) groups excluding carboxylic acids is 4. The first kappa shape index (κ1) is 40.2. The van der Waals surface area contributed by atoms with Gasteiger partial charge >= 0.3 is 12.2 Å². The van der Waals surface area contributed by atoms with Crippen molar-refractivity contribution in [1.29, 1.82) is 0 Å². The highest BCUT2D eigenvalue weighted by Crippen LogP contribution is 2.43. The number of rotatable bonds is 11. The van der Waals surface area contributed by atoms with Crippen LogP contribution in [0, 0.1) is 11.8 Å². The van der Waals surface area contributed by atoms with E-state index in [4.69, 9.17) is 19.2 Å². The molecule has 0 radical (unpaired) electrons. The quantitative estimate of drug-likeness (QED) is 0.130. The first-order chi connectivity index (χ1) is 28.6. The number of methoxy groups -OCH3 is 2. The smallest absolute Gasteiger partial charge is 0.407 e. The van der Waals surface area contributed by atoms with Gasteiger partial charge in [0, 0.05) is 37.0 Å². The average molecular weight is 806 g/mol. The predicted molar refractivity (Wildman–Crippen MR) is 221 cm³/mol. The summed E-state index contributed by atoms with van der Waals surface area (Å²) in [6, 6.07) is 15.4. The van der Waals surface area contributed by atoms with Gasteiger partial charge in [-0.3, -0.25) is 9.59 Å². The number of hydrogen-bond acceptors (Lipinski definition) is 8. The van der Waals surface area contributed by atoms with Crippen LogP contribution >= 0.6 is 0 Å². The summed E-state index contributed by atoms with van der Waals surface area (Å²) in [6.07, 6.45) is 7.77. The fourth-order valence-corrected chi connectivity index (χ4v) is 9.54. The Bertz CT molecular complexity index is 2150. The van der Waals surface area contributed by atoms with Gasteiger partial charge in [0.25, 0.3) is 0 Å². The van der Waals surface area contributed by atoms with Crippen LogP contribution in [0.4, 0.5) is 9.59 Å². The summed E-state index contributed by atoms with van der Waals surface area (Å²) in [7, 11) is 2.61. The molecule has 4 aliphatic rings. The maximum absolute atomic E-state index is 14.1. The molecule has 2 aromatic heterocycles. The van der Waals surface area contributed by atoms with E-state index in [9.17, 15) is 19.2 Å². The van der Waals surface area contributed by atoms with E-state index in [0.717, 1.165) is 96.5 Å². The van der Waals surface area contributed by atoms with Gasteiger partial charge in [-0.2, -0.15) is 0 Å². The zero-order valence-electron chi connectivity index (χ0n) is 34.3. The number of likely N-dealkylation sites (tertiary alicyclic amines) is 2. The second kappa shape index (κ2) is 17.3. The number of imidazole rings is 1. The number of amides is 4. The Morgan fingerprint density at radius 1 is 0.746 bits per heavy atom. The zero-order chi connectivity index (χ0) is 41.2. The molecule has 4 unspecified atom stereocenters. The summed E-state index contributed by atoms with van der Waals surface area (Å²) in [5.74, 6) is 0.337. The fourth-order valence-electron chi connectivity index (χ4n) is 9.54. The zero-order valence-corrected chi connectivity index (χ0v) is 34.3. The summed E-state index contributed by atoms with van der Waals surface area (Å²) in [5, 5.41) is 5.53. The van der Waals surface area contributed by atoms with Crippen molar-refractivity contribution in [3.8, 4) is 33.6 Å². The van der Waals surface area contributed by atoms with Gasteiger partial charge < -0.3 is 44.6 Å². The first-order valence-electron chi connectivity index (χ1n) is 21.0. The predicted octanol–water partition coefficient (Wildman–Crippen LogP) is 6.70. The van der Waals surface area contributed by atoms with E-state index in [-0.39, 0.29) is 35.7 Å². The molecular formula is C45H55N7O7. The molecule has 5 atom stereocenters. The third kappa shape index (κ3) is 8.06. The summed E-state index contributed by atoms with van der Waals surface area (Å²) in [4.78, 5) is 67.8. The molecule has 312 valence electrons. The Kier molecular flexibility index (Phi) is 11.8. The number of alkyl carbamates (subject to hydrolysis) is 2. The highest BCUT2D eigenvalue weighted by atomic mass is 16.5. The second-order valence-corrected chi connectivity index (χ2v) is 16.5. The van der Waals surface area contributed by atoms with Gasteiger partial charge in [0.15, 0.2) is 0 Å². The number of H-pyrrole nitrogens is 2. The highest BCUT2D eigenvalue weighted by molar-refractivity contribution is 5.87. The van der Waals surface area contributed by atoms with Crippen molar-refractivity contribution >= 4 is 24.0 Å². The van der Waals surface area contributed by atoms with Crippen molar-refractivity contribution in [3.63, 3.8) is 0 Å². The lowest BCUT2D eigenvalue weighted by atomic mass is 9.96. The van der Waals surface area contributed by atoms with E-state index < -0.39 is 24.3 Å². The molecule has 0 saturated carbocycles. The lowest BCUT2D eigenvalue weighted by Gasteiger charge is -2.31. The van der Waals surface area contributed by atoms with Crippen LogP contribution in [0.5, 0.6) is 0 Å². The number of hydrogen-bond donors (Lipinski definition) is 4. The summed E-state index contributed by atoms with van der Waals surface area (Å²) >= 11 is 0. The number of carbonyl (C=O) groups is 4. The first-order valence-corrected chi connectivity index (χ1v) is 21.0. The van der Waals surface area contributed by atoms with Gasteiger partial charge in [-0.15, -0.1) is 0 Å². The number of ether oxygens (including phenoxy) is 3. The molecule has 4 amide bonds. The molecule has 0 spiro atoms. The molecule has 3 aliphatic heterocycles. The van der Waals surface area contributed by atoms with Crippen molar-refractivity contribution in [2.45, 2.75) is 89.4 Å². The average Bonchev–Trinajstić information content (AvgIpc) is 4.11. The third-order valence-electron chi connectivity index (χ3n) is 12.7. The van der Waals surface area contributed by atoms with Gasteiger partial charge in [0.1, 0.15) is 17.9 Å². The van der Waals surface area contributed by atoms with Crippen molar-refractivity contribution in [2.75, 3.05) is 40.5 Å². The largest absolute Gasteiger partial charge is 0.453 e. The lowest BCUT2D eigenvalue weighted by molar-refractivity contribution is -0.136. The number of fused-ring (bicyclic) bond motifs is 1. The molecule has 14 nitrogen and oxygen atoms in total. The van der Waals surface area contributed by atoms with E-state index in [0.29, 0.717) is 26.3 Å². The number of aromatic amines is 2. The van der Waals surface area contributed by atoms with Gasteiger partial charge in [-0.1, -0.05) is 62.4 Å². The van der Waals surface area contributed by atoms with Gasteiger partial charge in [-0.25, -0.2) is 14.6 Å². The Morgan fingerprint density at radius 2 is 1.36 bits per heavy atom. The summed E-state index contributed by atoms with van der Waals surface area (Å²) in [6.45, 7) is 6.08. The molecule has 8 rings (SSSR count). The van der Waals surface area contributed by atoms with Crippen LogP contribution in [-0.2, 0) is 36.6 Å².